The maximum Gasteiger partial charge on any atom is 0.321 e. The van der Waals surface area contributed by atoms with E-state index in [1.165, 1.54) is 16.2 Å². The van der Waals surface area contributed by atoms with Gasteiger partial charge in [0.15, 0.2) is 0 Å². The van der Waals surface area contributed by atoms with Gasteiger partial charge in [-0.1, -0.05) is 29.0 Å². The molecule has 0 unspecified atom stereocenters. The molecule has 5 nitrogen and oxygen atoms in total. The summed E-state index contributed by atoms with van der Waals surface area (Å²) in [5.74, 6) is 0.642. The van der Waals surface area contributed by atoms with Gasteiger partial charge in [-0.05, 0) is 36.4 Å². The lowest BCUT2D eigenvalue weighted by molar-refractivity contribution is 0.230. The smallest absolute Gasteiger partial charge is 0.321 e. The maximum absolute atomic E-state index is 11.6. The Bertz CT molecular complexity index is 846. The lowest BCUT2D eigenvalue weighted by atomic mass is 10.3. The molecule has 0 saturated carbocycles. The van der Waals surface area contributed by atoms with E-state index in [1.807, 2.05) is 12.1 Å². The Morgan fingerprint density at radius 3 is 2.61 bits per heavy atom. The zero-order chi connectivity index (χ0) is 16.4. The van der Waals surface area contributed by atoms with Crippen LogP contribution in [0.3, 0.4) is 0 Å². The minimum atomic E-state index is -0.181. The van der Waals surface area contributed by atoms with Crippen molar-refractivity contribution in [3.05, 3.63) is 47.5 Å². The zero-order valence-electron chi connectivity index (χ0n) is 12.5. The van der Waals surface area contributed by atoms with Crippen molar-refractivity contribution >= 4 is 44.9 Å². The highest BCUT2D eigenvalue weighted by molar-refractivity contribution is 7.20. The van der Waals surface area contributed by atoms with E-state index in [2.05, 4.69) is 10.3 Å². The summed E-state index contributed by atoms with van der Waals surface area (Å²) in [6.07, 6.45) is 0. The Kier molecular flexibility index (Phi) is 4.36. The Labute approximate surface area is 142 Å². The van der Waals surface area contributed by atoms with Crippen LogP contribution >= 0.6 is 22.9 Å². The van der Waals surface area contributed by atoms with Gasteiger partial charge in [0, 0.05) is 19.8 Å². The largest absolute Gasteiger partial charge is 0.431 e. The number of amides is 2. The van der Waals surface area contributed by atoms with E-state index in [9.17, 15) is 4.79 Å². The second kappa shape index (κ2) is 6.44. The molecule has 23 heavy (non-hydrogen) atoms. The molecule has 3 rings (SSSR count). The average molecular weight is 348 g/mol. The normalized spacial score (nSPS) is 10.6. The minimum Gasteiger partial charge on any atom is -0.431 e. The number of aromatic nitrogens is 1. The molecule has 0 aliphatic rings. The number of rotatable bonds is 3. The molecule has 0 aliphatic heterocycles. The quantitative estimate of drug-likeness (QED) is 0.737. The number of hydrogen-bond donors (Lipinski definition) is 1. The zero-order valence-corrected chi connectivity index (χ0v) is 14.1. The number of urea groups is 1. The summed E-state index contributed by atoms with van der Waals surface area (Å²) in [6, 6.07) is 12.6. The van der Waals surface area contributed by atoms with Gasteiger partial charge in [-0.3, -0.25) is 0 Å². The van der Waals surface area contributed by atoms with E-state index in [0.717, 1.165) is 10.2 Å². The summed E-state index contributed by atoms with van der Waals surface area (Å²) in [5, 5.41) is 3.90. The number of anilines is 1. The van der Waals surface area contributed by atoms with Crippen LogP contribution in [-0.2, 0) is 0 Å². The molecule has 0 radical (unpaired) electrons. The number of thiazole rings is 1. The van der Waals surface area contributed by atoms with E-state index >= 15 is 0 Å². The number of nitrogens with one attached hydrogen (secondary N) is 1. The Morgan fingerprint density at radius 2 is 1.96 bits per heavy atom. The molecule has 0 fully saturated rings. The van der Waals surface area contributed by atoms with Crippen LogP contribution in [-0.4, -0.2) is 30.0 Å². The average Bonchev–Trinajstić information content (AvgIpc) is 2.93. The molecule has 7 heteroatoms. The standard InChI is InChI=1S/C16H14ClN3O2S/c1-20(2)15(21)18-10-6-8-11(9-7-10)22-16-19-14-12(17)4-3-5-13(14)23-16/h3-9H,1-2H3,(H,18,21). The van der Waals surface area contributed by atoms with Crippen molar-refractivity contribution in [2.24, 2.45) is 0 Å². The van der Waals surface area contributed by atoms with Crippen LogP contribution in [0.15, 0.2) is 42.5 Å². The fourth-order valence-electron chi connectivity index (χ4n) is 1.88. The second-order valence-electron chi connectivity index (χ2n) is 5.02. The SMILES string of the molecule is CN(C)C(=O)Nc1ccc(Oc2nc3c(Cl)cccc3s2)cc1. The van der Waals surface area contributed by atoms with Gasteiger partial charge >= 0.3 is 6.03 Å². The molecule has 2 aromatic carbocycles. The molecule has 3 aromatic rings. The topological polar surface area (TPSA) is 54.5 Å². The van der Waals surface area contributed by atoms with Crippen molar-refractivity contribution in [1.82, 2.24) is 9.88 Å². The van der Waals surface area contributed by atoms with E-state index in [0.29, 0.717) is 21.7 Å². The summed E-state index contributed by atoms with van der Waals surface area (Å²) in [4.78, 5) is 17.4. The molecule has 0 atom stereocenters. The molecule has 118 valence electrons. The summed E-state index contributed by atoms with van der Waals surface area (Å²) < 4.78 is 6.73. The third-order valence-corrected chi connectivity index (χ3v) is 4.27. The van der Waals surface area contributed by atoms with Crippen LogP contribution in [0.4, 0.5) is 10.5 Å². The molecule has 1 N–H and O–H groups in total. The van der Waals surface area contributed by atoms with Crippen LogP contribution in [0, 0.1) is 0 Å². The fraction of sp³-hybridized carbons (Fsp3) is 0.125. The van der Waals surface area contributed by atoms with Gasteiger partial charge in [-0.25, -0.2) is 9.78 Å². The molecular formula is C16H14ClN3O2S. The number of hydrogen-bond acceptors (Lipinski definition) is 4. The third kappa shape index (κ3) is 3.55. The fourth-order valence-corrected chi connectivity index (χ4v) is 3.02. The summed E-state index contributed by atoms with van der Waals surface area (Å²) >= 11 is 7.54. The molecule has 0 aliphatic carbocycles. The van der Waals surface area contributed by atoms with Gasteiger partial charge in [0.05, 0.1) is 9.72 Å². The molecule has 0 spiro atoms. The summed E-state index contributed by atoms with van der Waals surface area (Å²) in [7, 11) is 3.37. The highest BCUT2D eigenvalue weighted by Gasteiger charge is 2.09. The Hall–Kier alpha value is -2.31. The van der Waals surface area contributed by atoms with Crippen LogP contribution in [0.1, 0.15) is 0 Å². The van der Waals surface area contributed by atoms with Gasteiger partial charge in [-0.15, -0.1) is 0 Å². The minimum absolute atomic E-state index is 0.181. The predicted octanol–water partition coefficient (Wildman–Crippen LogP) is 4.84. The van der Waals surface area contributed by atoms with Crippen LogP contribution in [0.2, 0.25) is 5.02 Å². The Balaban J connectivity index is 1.74. The number of halogens is 1. The highest BCUT2D eigenvalue weighted by Crippen LogP contribution is 2.34. The van der Waals surface area contributed by atoms with E-state index in [-0.39, 0.29) is 6.03 Å². The van der Waals surface area contributed by atoms with Crippen molar-refractivity contribution in [3.63, 3.8) is 0 Å². The monoisotopic (exact) mass is 347 g/mol. The van der Waals surface area contributed by atoms with Crippen molar-refractivity contribution in [2.45, 2.75) is 0 Å². The van der Waals surface area contributed by atoms with Gasteiger partial charge < -0.3 is 15.0 Å². The highest BCUT2D eigenvalue weighted by atomic mass is 35.5. The molecular weight excluding hydrogens is 334 g/mol. The first kappa shape index (κ1) is 15.6. The lowest BCUT2D eigenvalue weighted by Gasteiger charge is -2.12. The molecule has 1 heterocycles. The van der Waals surface area contributed by atoms with Crippen molar-refractivity contribution in [3.8, 4) is 10.9 Å². The van der Waals surface area contributed by atoms with E-state index in [1.54, 1.807) is 44.4 Å². The number of para-hydroxylation sites is 1. The number of fused-ring (bicyclic) bond motifs is 1. The third-order valence-electron chi connectivity index (χ3n) is 3.07. The Morgan fingerprint density at radius 1 is 1.22 bits per heavy atom. The van der Waals surface area contributed by atoms with Gasteiger partial charge in [0.25, 0.3) is 5.19 Å². The number of ether oxygens (including phenoxy) is 1. The van der Waals surface area contributed by atoms with Gasteiger partial charge in [-0.2, -0.15) is 0 Å². The number of carbonyl (C=O) groups excluding carboxylic acids is 1. The number of nitrogens with zero attached hydrogens (tertiary/aromatic N) is 2. The van der Waals surface area contributed by atoms with Crippen molar-refractivity contribution < 1.29 is 9.53 Å². The van der Waals surface area contributed by atoms with Crippen LogP contribution in [0.5, 0.6) is 10.9 Å². The number of carbonyl (C=O) groups is 1. The summed E-state index contributed by atoms with van der Waals surface area (Å²) in [5.41, 5.74) is 1.44. The van der Waals surface area contributed by atoms with Crippen molar-refractivity contribution in [1.29, 1.82) is 0 Å². The predicted molar refractivity (Wildman–Crippen MR) is 93.9 cm³/mol. The first-order valence-electron chi connectivity index (χ1n) is 6.84. The molecule has 0 bridgehead atoms. The van der Waals surface area contributed by atoms with Crippen molar-refractivity contribution in [2.75, 3.05) is 19.4 Å². The summed E-state index contributed by atoms with van der Waals surface area (Å²) in [6.45, 7) is 0. The van der Waals surface area contributed by atoms with Crippen LogP contribution < -0.4 is 10.1 Å². The van der Waals surface area contributed by atoms with E-state index in [4.69, 9.17) is 16.3 Å². The van der Waals surface area contributed by atoms with Gasteiger partial charge in [0.1, 0.15) is 11.3 Å². The first-order valence-corrected chi connectivity index (χ1v) is 8.03. The molecule has 0 saturated heterocycles. The van der Waals surface area contributed by atoms with Gasteiger partial charge in [0.2, 0.25) is 0 Å². The molecule has 1 aromatic heterocycles. The van der Waals surface area contributed by atoms with Crippen LogP contribution in [0.25, 0.3) is 10.2 Å². The molecule has 2 amide bonds. The van der Waals surface area contributed by atoms with E-state index < -0.39 is 0 Å². The second-order valence-corrected chi connectivity index (χ2v) is 6.42. The lowest BCUT2D eigenvalue weighted by Crippen LogP contribution is -2.27. The first-order chi connectivity index (χ1) is 11.0. The number of benzene rings is 2. The maximum atomic E-state index is 11.6.